The smallest absolute Gasteiger partial charge is 0.253 e. The number of amides is 1. The van der Waals surface area contributed by atoms with E-state index in [4.69, 9.17) is 4.42 Å². The quantitative estimate of drug-likeness (QED) is 0.661. The summed E-state index contributed by atoms with van der Waals surface area (Å²) in [5.74, 6) is 1.29. The second-order valence-electron chi connectivity index (χ2n) is 6.18. The van der Waals surface area contributed by atoms with Gasteiger partial charge < -0.3 is 20.0 Å². The van der Waals surface area contributed by atoms with E-state index < -0.39 is 10.9 Å². The molecule has 134 valence electrons. The Balaban J connectivity index is 1.78. The van der Waals surface area contributed by atoms with E-state index in [2.05, 4.69) is 10.6 Å². The SMILES string of the molecule is Cc1ccc(CNc2c(Nc3cccc(C(=O)N(C)C)c3)c(=O)c2=O)o1. The molecule has 1 aromatic heterocycles. The molecule has 0 saturated heterocycles. The molecule has 0 spiro atoms. The second kappa shape index (κ2) is 6.87. The number of hydrogen-bond acceptors (Lipinski definition) is 6. The van der Waals surface area contributed by atoms with E-state index in [1.54, 1.807) is 44.4 Å². The van der Waals surface area contributed by atoms with Crippen molar-refractivity contribution in [2.45, 2.75) is 13.5 Å². The summed E-state index contributed by atoms with van der Waals surface area (Å²) in [7, 11) is 3.33. The fraction of sp³-hybridized carbons (Fsp3) is 0.211. The Morgan fingerprint density at radius 2 is 1.81 bits per heavy atom. The Morgan fingerprint density at radius 3 is 2.46 bits per heavy atom. The summed E-state index contributed by atoms with van der Waals surface area (Å²) in [5, 5.41) is 5.86. The fourth-order valence-electron chi connectivity index (χ4n) is 2.57. The summed E-state index contributed by atoms with van der Waals surface area (Å²) in [6, 6.07) is 10.4. The van der Waals surface area contributed by atoms with E-state index in [9.17, 15) is 14.4 Å². The van der Waals surface area contributed by atoms with Gasteiger partial charge in [0.1, 0.15) is 22.9 Å². The normalized spacial score (nSPS) is 10.7. The summed E-state index contributed by atoms with van der Waals surface area (Å²) in [6.07, 6.45) is 0. The van der Waals surface area contributed by atoms with Crippen LogP contribution >= 0.6 is 0 Å². The molecule has 0 aliphatic heterocycles. The lowest BCUT2D eigenvalue weighted by Crippen LogP contribution is -2.36. The number of nitrogens with one attached hydrogen (secondary N) is 2. The van der Waals surface area contributed by atoms with Crippen LogP contribution in [0.3, 0.4) is 0 Å². The molecular formula is C19H19N3O4. The number of nitrogens with zero attached hydrogens (tertiary/aromatic N) is 1. The van der Waals surface area contributed by atoms with Crippen LogP contribution < -0.4 is 21.5 Å². The third kappa shape index (κ3) is 3.37. The number of furan rings is 1. The Labute approximate surface area is 149 Å². The lowest BCUT2D eigenvalue weighted by atomic mass is 10.1. The molecule has 0 aliphatic carbocycles. The summed E-state index contributed by atoms with van der Waals surface area (Å²) in [6.45, 7) is 2.13. The van der Waals surface area contributed by atoms with Crippen LogP contribution in [0.4, 0.5) is 17.1 Å². The lowest BCUT2D eigenvalue weighted by Gasteiger charge is -2.15. The summed E-state index contributed by atoms with van der Waals surface area (Å²) < 4.78 is 5.44. The largest absolute Gasteiger partial charge is 0.465 e. The van der Waals surface area contributed by atoms with Crippen molar-refractivity contribution in [3.8, 4) is 0 Å². The number of anilines is 3. The highest BCUT2D eigenvalue weighted by molar-refractivity contribution is 5.95. The van der Waals surface area contributed by atoms with E-state index in [0.29, 0.717) is 23.6 Å². The second-order valence-corrected chi connectivity index (χ2v) is 6.18. The number of benzene rings is 1. The van der Waals surface area contributed by atoms with Crippen molar-refractivity contribution in [3.63, 3.8) is 0 Å². The third-order valence-electron chi connectivity index (χ3n) is 3.93. The van der Waals surface area contributed by atoms with Gasteiger partial charge in [-0.3, -0.25) is 14.4 Å². The van der Waals surface area contributed by atoms with Gasteiger partial charge in [-0.2, -0.15) is 0 Å². The van der Waals surface area contributed by atoms with E-state index in [1.165, 1.54) is 4.90 Å². The van der Waals surface area contributed by atoms with Crippen LogP contribution in [0.1, 0.15) is 21.9 Å². The molecule has 3 rings (SSSR count). The first kappa shape index (κ1) is 17.5. The zero-order chi connectivity index (χ0) is 18.8. The van der Waals surface area contributed by atoms with Gasteiger partial charge in [-0.1, -0.05) is 6.07 Å². The van der Waals surface area contributed by atoms with Crippen molar-refractivity contribution >= 4 is 23.0 Å². The average Bonchev–Trinajstić information content (AvgIpc) is 3.05. The van der Waals surface area contributed by atoms with Gasteiger partial charge in [-0.05, 0) is 37.3 Å². The third-order valence-corrected chi connectivity index (χ3v) is 3.93. The van der Waals surface area contributed by atoms with Gasteiger partial charge in [-0.15, -0.1) is 0 Å². The van der Waals surface area contributed by atoms with Crippen molar-refractivity contribution in [1.82, 2.24) is 4.90 Å². The van der Waals surface area contributed by atoms with Crippen LogP contribution in [0, 0.1) is 6.92 Å². The first-order valence-electron chi connectivity index (χ1n) is 8.08. The van der Waals surface area contributed by atoms with Crippen LogP contribution in [-0.2, 0) is 6.54 Å². The molecule has 26 heavy (non-hydrogen) atoms. The van der Waals surface area contributed by atoms with Crippen LogP contribution in [0.25, 0.3) is 0 Å². The Morgan fingerprint density at radius 1 is 1.08 bits per heavy atom. The fourth-order valence-corrected chi connectivity index (χ4v) is 2.57. The number of carbonyl (C=O) groups is 1. The molecule has 7 heteroatoms. The van der Waals surface area contributed by atoms with Crippen molar-refractivity contribution in [1.29, 1.82) is 0 Å². The first-order chi connectivity index (χ1) is 12.4. The zero-order valence-corrected chi connectivity index (χ0v) is 14.8. The number of aryl methyl sites for hydroxylation is 1. The van der Waals surface area contributed by atoms with Gasteiger partial charge in [0.25, 0.3) is 16.8 Å². The first-order valence-corrected chi connectivity index (χ1v) is 8.08. The van der Waals surface area contributed by atoms with Gasteiger partial charge >= 0.3 is 0 Å². The predicted octanol–water partition coefficient (Wildman–Crippen LogP) is 2.24. The van der Waals surface area contributed by atoms with Gasteiger partial charge in [-0.25, -0.2) is 0 Å². The lowest BCUT2D eigenvalue weighted by molar-refractivity contribution is 0.0827. The molecule has 0 fully saturated rings. The maximum atomic E-state index is 12.1. The highest BCUT2D eigenvalue weighted by Gasteiger charge is 2.21. The predicted molar refractivity (Wildman–Crippen MR) is 99.9 cm³/mol. The molecule has 0 bridgehead atoms. The number of carbonyl (C=O) groups excluding carboxylic acids is 1. The van der Waals surface area contributed by atoms with Crippen molar-refractivity contribution in [2.24, 2.45) is 0 Å². The molecule has 1 heterocycles. The number of rotatable bonds is 6. The molecule has 3 aromatic rings. The maximum absolute atomic E-state index is 12.1. The molecule has 0 aliphatic rings. The highest BCUT2D eigenvalue weighted by Crippen LogP contribution is 2.22. The standard InChI is InChI=1S/C19H19N3O4/c1-11-7-8-14(26-11)10-20-15-16(18(24)17(15)23)21-13-6-4-5-12(9-13)19(25)22(2)3/h4-9,20-21H,10H2,1-3H3. The molecule has 0 atom stereocenters. The number of hydrogen-bond donors (Lipinski definition) is 2. The zero-order valence-electron chi connectivity index (χ0n) is 14.8. The monoisotopic (exact) mass is 353 g/mol. The average molecular weight is 353 g/mol. The van der Waals surface area contributed by atoms with Crippen molar-refractivity contribution in [3.05, 3.63) is 73.9 Å². The van der Waals surface area contributed by atoms with Gasteiger partial charge in [0.05, 0.1) is 6.54 Å². The molecule has 0 radical (unpaired) electrons. The van der Waals surface area contributed by atoms with Crippen molar-refractivity contribution in [2.75, 3.05) is 24.7 Å². The van der Waals surface area contributed by atoms with Crippen LogP contribution in [0.2, 0.25) is 0 Å². The van der Waals surface area contributed by atoms with Gasteiger partial charge in [0.2, 0.25) is 0 Å². The summed E-state index contributed by atoms with van der Waals surface area (Å²) >= 11 is 0. The van der Waals surface area contributed by atoms with Crippen molar-refractivity contribution < 1.29 is 9.21 Å². The van der Waals surface area contributed by atoms with E-state index in [0.717, 1.165) is 5.76 Å². The maximum Gasteiger partial charge on any atom is 0.253 e. The molecular weight excluding hydrogens is 334 g/mol. The molecule has 0 unspecified atom stereocenters. The van der Waals surface area contributed by atoms with E-state index >= 15 is 0 Å². The van der Waals surface area contributed by atoms with E-state index in [-0.39, 0.29) is 17.3 Å². The Bertz CT molecular complexity index is 1030. The van der Waals surface area contributed by atoms with E-state index in [1.807, 2.05) is 13.0 Å². The molecule has 0 saturated carbocycles. The van der Waals surface area contributed by atoms with Crippen LogP contribution in [0.5, 0.6) is 0 Å². The van der Waals surface area contributed by atoms with Gasteiger partial charge in [0.15, 0.2) is 0 Å². The molecule has 7 nitrogen and oxygen atoms in total. The topological polar surface area (TPSA) is 91.6 Å². The minimum absolute atomic E-state index is 0.148. The summed E-state index contributed by atoms with van der Waals surface area (Å²) in [4.78, 5) is 37.3. The minimum Gasteiger partial charge on any atom is -0.465 e. The molecule has 2 N–H and O–H groups in total. The Hall–Kier alpha value is -3.35. The Kier molecular flexibility index (Phi) is 4.62. The van der Waals surface area contributed by atoms with Crippen LogP contribution in [0.15, 0.2) is 50.4 Å². The molecule has 2 aromatic carbocycles. The highest BCUT2D eigenvalue weighted by atomic mass is 16.3. The van der Waals surface area contributed by atoms with Gasteiger partial charge in [0, 0.05) is 25.3 Å². The summed E-state index contributed by atoms with van der Waals surface area (Å²) in [5.41, 5.74) is 0.283. The molecule has 1 amide bonds. The van der Waals surface area contributed by atoms with Crippen LogP contribution in [-0.4, -0.2) is 24.9 Å². The minimum atomic E-state index is -0.590.